The molecule has 3 rings (SSSR count). The third-order valence-corrected chi connectivity index (χ3v) is 9.88. The normalized spacial score (nSPS) is 13.0. The van der Waals surface area contributed by atoms with Gasteiger partial charge in [-0.15, -0.1) is 5.92 Å². The molecule has 1 amide bonds. The lowest BCUT2D eigenvalue weighted by molar-refractivity contribution is -0.174. The molecule has 0 radical (unpaired) electrons. The molecule has 0 saturated heterocycles. The second kappa shape index (κ2) is 26.2. The summed E-state index contributed by atoms with van der Waals surface area (Å²) < 4.78 is 35.3. The van der Waals surface area contributed by atoms with Crippen molar-refractivity contribution in [2.75, 3.05) is 6.61 Å². The van der Waals surface area contributed by atoms with Crippen LogP contribution in [0.5, 0.6) is 5.75 Å². The molecule has 3 atom stereocenters. The van der Waals surface area contributed by atoms with Gasteiger partial charge in [-0.25, -0.2) is 19.2 Å². The van der Waals surface area contributed by atoms with Crippen LogP contribution in [0.3, 0.4) is 0 Å². The summed E-state index contributed by atoms with van der Waals surface area (Å²) in [7, 11) is 0. The molecule has 0 aliphatic rings. The summed E-state index contributed by atoms with van der Waals surface area (Å²) in [5, 5.41) is 24.5. The molecule has 17 heteroatoms. The average Bonchev–Trinajstić information content (AvgIpc) is 3.74. The van der Waals surface area contributed by atoms with Crippen LogP contribution in [0.1, 0.15) is 126 Å². The van der Waals surface area contributed by atoms with Gasteiger partial charge in [-0.2, -0.15) is 0 Å². The van der Waals surface area contributed by atoms with E-state index >= 15 is 0 Å². The molecule has 17 nitrogen and oxygen atoms in total. The average molecular weight is 868 g/mol. The fourth-order valence-electron chi connectivity index (χ4n) is 6.27. The maximum absolute atomic E-state index is 14.2. The molecule has 1 aromatic carbocycles. The van der Waals surface area contributed by atoms with Crippen LogP contribution in [-0.4, -0.2) is 58.1 Å². The Hall–Kier alpha value is -6.15. The van der Waals surface area contributed by atoms with Gasteiger partial charge in [0.15, 0.2) is 41.9 Å². The maximum Gasteiger partial charge on any atom is 0.519 e. The number of allylic oxidation sites excluding steroid dienone is 1. The van der Waals surface area contributed by atoms with Crippen molar-refractivity contribution in [2.24, 2.45) is 5.92 Å². The standard InChI is InChI=1S/C45H57NO16/c1-5-7-9-12-15-18-33(47)19-16-13-10-11-14-17-20-35(45(55,42(51)52)27-39(48)57-28-37-30(3)59-43(53)61-37)40(49)46-36(41(50)58-29-38-31(4)60-44(54)62-38)26-32-21-23-34(24-22-32)56-25-8-6-2/h17,20-24,35-36,55H,5,7,9-16,18-19,25-29H2,1-4H3,(H,46,49)(H,51,52)/t35-,36+,45+/m1/s1. The van der Waals surface area contributed by atoms with Crippen LogP contribution in [0.15, 0.2) is 63.7 Å². The van der Waals surface area contributed by atoms with E-state index in [9.17, 15) is 43.8 Å². The lowest BCUT2D eigenvalue weighted by Gasteiger charge is -2.30. The van der Waals surface area contributed by atoms with Gasteiger partial charge in [0.2, 0.25) is 5.91 Å². The number of hydrogen-bond acceptors (Lipinski definition) is 15. The number of benzene rings is 1. The van der Waals surface area contributed by atoms with E-state index in [1.807, 2.05) is 0 Å². The molecule has 3 N–H and O–H groups in total. The zero-order chi connectivity index (χ0) is 45.5. The molecule has 0 aliphatic carbocycles. The molecule has 0 saturated carbocycles. The first-order valence-electron chi connectivity index (χ1n) is 20.7. The van der Waals surface area contributed by atoms with Crippen LogP contribution in [0.25, 0.3) is 0 Å². The number of amides is 1. The van der Waals surface area contributed by atoms with Gasteiger partial charge in [0.1, 0.15) is 24.2 Å². The largest absolute Gasteiger partial charge is 0.519 e. The number of unbranched alkanes of at least 4 members (excludes halogenated alkanes) is 8. The van der Waals surface area contributed by atoms with E-state index in [2.05, 4.69) is 24.1 Å². The number of hydrogen-bond donors (Lipinski definition) is 3. The molecular formula is C45H57NO16. The molecule has 2 heterocycles. The van der Waals surface area contributed by atoms with Crippen molar-refractivity contribution in [2.45, 2.75) is 142 Å². The number of carboxylic acid groups (broad SMARTS) is 1. The Morgan fingerprint density at radius 2 is 1.40 bits per heavy atom. The Bertz CT molecular complexity index is 2130. The Balaban J connectivity index is 1.82. The molecular weight excluding hydrogens is 810 g/mol. The Morgan fingerprint density at radius 3 is 1.95 bits per heavy atom. The number of ether oxygens (including phenoxy) is 3. The molecule has 0 aliphatic heterocycles. The number of carbonyl (C=O) groups excluding carboxylic acids is 4. The third kappa shape index (κ3) is 17.1. The van der Waals surface area contributed by atoms with Crippen LogP contribution >= 0.6 is 0 Å². The summed E-state index contributed by atoms with van der Waals surface area (Å²) in [5.74, 6) is -3.41. The van der Waals surface area contributed by atoms with E-state index < -0.39 is 72.7 Å². The van der Waals surface area contributed by atoms with Crippen molar-refractivity contribution in [3.63, 3.8) is 0 Å². The minimum Gasteiger partial charge on any atom is -0.481 e. The number of ketones is 1. The lowest BCUT2D eigenvalue weighted by atomic mass is 9.82. The molecule has 0 fully saturated rings. The molecule has 62 heavy (non-hydrogen) atoms. The van der Waals surface area contributed by atoms with Gasteiger partial charge in [-0.05, 0) is 64.2 Å². The van der Waals surface area contributed by atoms with Gasteiger partial charge in [0, 0.05) is 19.3 Å². The number of aryl methyl sites for hydroxylation is 2. The minimum atomic E-state index is -3.12. The molecule has 3 aromatic rings. The van der Waals surface area contributed by atoms with Crippen molar-refractivity contribution in [1.29, 1.82) is 0 Å². The van der Waals surface area contributed by atoms with E-state index in [-0.39, 0.29) is 41.9 Å². The highest BCUT2D eigenvalue weighted by molar-refractivity contribution is 5.95. The second-order valence-electron chi connectivity index (χ2n) is 14.7. The summed E-state index contributed by atoms with van der Waals surface area (Å²) in [5.41, 5.74) is -2.61. The van der Waals surface area contributed by atoms with Crippen LogP contribution in [-0.2, 0) is 53.1 Å². The zero-order valence-electron chi connectivity index (χ0n) is 35.7. The van der Waals surface area contributed by atoms with Crippen LogP contribution in [0.4, 0.5) is 0 Å². The first-order chi connectivity index (χ1) is 29.7. The van der Waals surface area contributed by atoms with Gasteiger partial charge in [-0.1, -0.05) is 75.7 Å². The number of esters is 2. The highest BCUT2D eigenvalue weighted by Crippen LogP contribution is 2.27. The van der Waals surface area contributed by atoms with E-state index in [1.54, 1.807) is 31.2 Å². The Labute approximate surface area is 359 Å². The summed E-state index contributed by atoms with van der Waals surface area (Å²) in [6.07, 6.45) is 10.8. The van der Waals surface area contributed by atoms with E-state index in [1.165, 1.54) is 19.9 Å². The summed E-state index contributed by atoms with van der Waals surface area (Å²) in [4.78, 5) is 88.9. The van der Waals surface area contributed by atoms with Gasteiger partial charge >= 0.3 is 29.6 Å². The topological polar surface area (TPSA) is 252 Å². The predicted molar refractivity (Wildman–Crippen MR) is 220 cm³/mol. The highest BCUT2D eigenvalue weighted by Gasteiger charge is 2.49. The van der Waals surface area contributed by atoms with E-state index in [0.717, 1.165) is 57.4 Å². The van der Waals surface area contributed by atoms with Crippen LogP contribution < -0.4 is 21.7 Å². The number of Topliss-reactive ketones (excluding diaryl/α,β-unsaturated/α-hetero) is 1. The molecule has 0 spiro atoms. The molecule has 0 unspecified atom stereocenters. The van der Waals surface area contributed by atoms with Crippen molar-refractivity contribution in [1.82, 2.24) is 5.32 Å². The fraction of sp³-hybridized carbons (Fsp3) is 0.533. The Kier molecular flexibility index (Phi) is 21.3. The van der Waals surface area contributed by atoms with Crippen molar-refractivity contribution < 1.29 is 66.1 Å². The first-order valence-corrected chi connectivity index (χ1v) is 20.7. The highest BCUT2D eigenvalue weighted by atomic mass is 16.6. The van der Waals surface area contributed by atoms with Gasteiger partial charge < -0.3 is 47.4 Å². The lowest BCUT2D eigenvalue weighted by Crippen LogP contribution is -2.55. The zero-order valence-corrected chi connectivity index (χ0v) is 35.7. The monoisotopic (exact) mass is 867 g/mol. The number of nitrogens with one attached hydrogen (secondary N) is 1. The van der Waals surface area contributed by atoms with E-state index in [0.29, 0.717) is 37.0 Å². The summed E-state index contributed by atoms with van der Waals surface area (Å²) >= 11 is 0. The first kappa shape index (κ1) is 50.2. The number of carbonyl (C=O) groups is 5. The second-order valence-corrected chi connectivity index (χ2v) is 14.7. The third-order valence-electron chi connectivity index (χ3n) is 9.88. The Morgan fingerprint density at radius 1 is 0.823 bits per heavy atom. The minimum absolute atomic E-state index is 0.0110. The van der Waals surface area contributed by atoms with Gasteiger partial charge in [0.25, 0.3) is 0 Å². The van der Waals surface area contributed by atoms with Crippen molar-refractivity contribution >= 4 is 29.6 Å². The molecule has 2 aromatic heterocycles. The maximum atomic E-state index is 14.2. The number of rotatable bonds is 29. The predicted octanol–water partition coefficient (Wildman–Crippen LogP) is 5.96. The van der Waals surface area contributed by atoms with E-state index in [4.69, 9.17) is 31.9 Å². The van der Waals surface area contributed by atoms with Crippen LogP contribution in [0.2, 0.25) is 0 Å². The SMILES string of the molecule is CC#CCOc1ccc(C[C@H](NC(=O)[C@@H](C=CCCCCCCC(=O)CCCCCCC)[C@@](O)(CC(=O)OCc2oc(=O)oc2C)C(=O)O)C(=O)OCc2oc(=O)oc2C)cc1. The van der Waals surface area contributed by atoms with Crippen molar-refractivity contribution in [3.05, 3.63) is 86.3 Å². The van der Waals surface area contributed by atoms with Gasteiger partial charge in [-0.3, -0.25) is 14.4 Å². The van der Waals surface area contributed by atoms with Crippen molar-refractivity contribution in [3.8, 4) is 17.6 Å². The summed E-state index contributed by atoms with van der Waals surface area (Å²) in [6.45, 7) is 5.55. The quantitative estimate of drug-likeness (QED) is 0.0315. The van der Waals surface area contributed by atoms with Gasteiger partial charge in [0.05, 0.1) is 12.3 Å². The molecule has 338 valence electrons. The summed E-state index contributed by atoms with van der Waals surface area (Å²) in [6, 6.07) is 4.96. The van der Waals surface area contributed by atoms with Crippen LogP contribution in [0, 0.1) is 31.6 Å². The fourth-order valence-corrected chi connectivity index (χ4v) is 6.27. The smallest absolute Gasteiger partial charge is 0.481 e. The number of aliphatic carboxylic acids is 1. The number of carboxylic acids is 1. The number of aliphatic hydroxyl groups is 1. The molecule has 0 bridgehead atoms.